The quantitative estimate of drug-likeness (QED) is 0.812. The molecule has 2 amide bonds. The minimum atomic E-state index is -0.525. The van der Waals surface area contributed by atoms with Crippen LogP contribution in [0.5, 0.6) is 0 Å². The molecule has 0 fully saturated rings. The molecule has 0 radical (unpaired) electrons. The predicted octanol–water partition coefficient (Wildman–Crippen LogP) is 3.25. The number of hydrogen-bond donors (Lipinski definition) is 2. The third-order valence-corrected chi connectivity index (χ3v) is 2.55. The van der Waals surface area contributed by atoms with Gasteiger partial charge in [0, 0.05) is 0 Å². The number of nitrogens with two attached hydrogens (primary N) is 1. The van der Waals surface area contributed by atoms with Gasteiger partial charge in [0.05, 0.1) is 6.04 Å². The van der Waals surface area contributed by atoms with Crippen LogP contribution in [0.2, 0.25) is 0 Å². The van der Waals surface area contributed by atoms with Crippen LogP contribution < -0.4 is 11.1 Å². The molecule has 0 saturated carbocycles. The van der Waals surface area contributed by atoms with Crippen molar-refractivity contribution < 1.29 is 4.79 Å². The van der Waals surface area contributed by atoms with E-state index in [1.165, 1.54) is 0 Å². The minimum Gasteiger partial charge on any atom is -0.352 e. The molecule has 3 nitrogen and oxygen atoms in total. The van der Waals surface area contributed by atoms with Gasteiger partial charge in [0.1, 0.15) is 0 Å². The van der Waals surface area contributed by atoms with Crippen LogP contribution in [-0.4, -0.2) is 6.03 Å². The molecule has 0 unspecified atom stereocenters. The Morgan fingerprint density at radius 1 is 0.895 bits per heavy atom. The third-order valence-electron chi connectivity index (χ3n) is 2.55. The average molecular weight is 254 g/mol. The molecule has 3 heteroatoms. The molecule has 3 N–H and O–H groups in total. The van der Waals surface area contributed by atoms with E-state index in [4.69, 9.17) is 5.73 Å². The van der Waals surface area contributed by atoms with Crippen LogP contribution in [0.15, 0.2) is 73.8 Å². The topological polar surface area (TPSA) is 55.1 Å². The van der Waals surface area contributed by atoms with E-state index in [-0.39, 0.29) is 6.04 Å². The van der Waals surface area contributed by atoms with E-state index in [1.54, 1.807) is 0 Å². The van der Waals surface area contributed by atoms with Crippen molar-refractivity contribution in [3.63, 3.8) is 0 Å². The Labute approximate surface area is 113 Å². The molecule has 0 saturated heterocycles. The number of amides is 2. The summed E-state index contributed by atoms with van der Waals surface area (Å²) in [6.45, 7) is 6.00. The van der Waals surface area contributed by atoms with Crippen molar-refractivity contribution in [3.8, 4) is 0 Å². The van der Waals surface area contributed by atoms with Crippen molar-refractivity contribution in [1.82, 2.24) is 5.32 Å². The van der Waals surface area contributed by atoms with Gasteiger partial charge in [-0.05, 0) is 11.1 Å². The van der Waals surface area contributed by atoms with Gasteiger partial charge in [0.15, 0.2) is 0 Å². The number of hydrogen-bond acceptors (Lipinski definition) is 1. The smallest absolute Gasteiger partial charge is 0.312 e. The lowest BCUT2D eigenvalue weighted by molar-refractivity contribution is 0.247. The van der Waals surface area contributed by atoms with Crippen LogP contribution in [0.4, 0.5) is 4.79 Å². The Bertz CT molecular complexity index is 457. The first kappa shape index (κ1) is 14.5. The summed E-state index contributed by atoms with van der Waals surface area (Å²) >= 11 is 0. The summed E-state index contributed by atoms with van der Waals surface area (Å²) in [5.74, 6) is 0. The molecule has 0 aromatic heterocycles. The first-order valence-electron chi connectivity index (χ1n) is 5.93. The monoisotopic (exact) mass is 254 g/mol. The SMILES string of the molecule is C=C.NC(=O)NC(c1ccccc1)c1ccccc1. The summed E-state index contributed by atoms with van der Waals surface area (Å²) in [5, 5.41) is 2.75. The van der Waals surface area contributed by atoms with Crippen LogP contribution in [0.25, 0.3) is 0 Å². The second kappa shape index (κ2) is 7.71. The highest BCUT2D eigenvalue weighted by atomic mass is 16.2. The normalized spacial score (nSPS) is 9.32. The molecule has 98 valence electrons. The Morgan fingerprint density at radius 2 is 1.26 bits per heavy atom. The van der Waals surface area contributed by atoms with Crippen LogP contribution in [-0.2, 0) is 0 Å². The van der Waals surface area contributed by atoms with Gasteiger partial charge >= 0.3 is 6.03 Å². The molecule has 2 rings (SSSR count). The predicted molar refractivity (Wildman–Crippen MR) is 78.7 cm³/mol. The largest absolute Gasteiger partial charge is 0.352 e. The molecule has 0 bridgehead atoms. The molecule has 0 atom stereocenters. The van der Waals surface area contributed by atoms with Crippen molar-refractivity contribution >= 4 is 6.03 Å². The lowest BCUT2D eigenvalue weighted by atomic mass is 9.99. The zero-order valence-electron chi connectivity index (χ0n) is 10.8. The number of nitrogens with one attached hydrogen (secondary N) is 1. The molecule has 0 aliphatic rings. The molecule has 0 spiro atoms. The zero-order valence-corrected chi connectivity index (χ0v) is 10.8. The highest BCUT2D eigenvalue weighted by molar-refractivity contribution is 5.72. The maximum Gasteiger partial charge on any atom is 0.312 e. The Hall–Kier alpha value is -2.55. The first-order chi connectivity index (χ1) is 9.27. The third kappa shape index (κ3) is 4.32. The fraction of sp³-hybridized carbons (Fsp3) is 0.0625. The summed E-state index contributed by atoms with van der Waals surface area (Å²) in [6, 6.07) is 18.8. The molecule has 0 aliphatic carbocycles. The molecule has 0 aliphatic heterocycles. The summed E-state index contributed by atoms with van der Waals surface area (Å²) < 4.78 is 0. The molecule has 2 aromatic rings. The number of carbonyl (C=O) groups is 1. The maximum absolute atomic E-state index is 11.1. The lowest BCUT2D eigenvalue weighted by Crippen LogP contribution is -2.33. The lowest BCUT2D eigenvalue weighted by Gasteiger charge is -2.18. The van der Waals surface area contributed by atoms with Gasteiger partial charge in [0.2, 0.25) is 0 Å². The summed E-state index contributed by atoms with van der Waals surface area (Å²) in [5.41, 5.74) is 7.24. The Morgan fingerprint density at radius 3 is 1.58 bits per heavy atom. The molecule has 0 heterocycles. The molecular formula is C16H18N2O. The van der Waals surface area contributed by atoms with Crippen molar-refractivity contribution in [3.05, 3.63) is 84.9 Å². The number of benzene rings is 2. The summed E-state index contributed by atoms with van der Waals surface area (Å²) in [6.07, 6.45) is 0. The standard InChI is InChI=1S/C14H14N2O.C2H4/c15-14(17)16-13(11-7-3-1-4-8-11)12-9-5-2-6-10-12;1-2/h1-10,13H,(H3,15,16,17);1-2H2. The summed E-state index contributed by atoms with van der Waals surface area (Å²) in [7, 11) is 0. The van der Waals surface area contributed by atoms with Crippen LogP contribution >= 0.6 is 0 Å². The highest BCUT2D eigenvalue weighted by Gasteiger charge is 2.14. The van der Waals surface area contributed by atoms with Gasteiger partial charge in [0.25, 0.3) is 0 Å². The van der Waals surface area contributed by atoms with Gasteiger partial charge in [-0.2, -0.15) is 0 Å². The van der Waals surface area contributed by atoms with Crippen LogP contribution in [0.3, 0.4) is 0 Å². The van der Waals surface area contributed by atoms with Gasteiger partial charge in [-0.3, -0.25) is 0 Å². The van der Waals surface area contributed by atoms with E-state index in [0.29, 0.717) is 0 Å². The first-order valence-corrected chi connectivity index (χ1v) is 5.93. The van der Waals surface area contributed by atoms with Gasteiger partial charge in [-0.1, -0.05) is 60.7 Å². The van der Waals surface area contributed by atoms with Crippen LogP contribution in [0, 0.1) is 0 Å². The molecule has 2 aromatic carbocycles. The van der Waals surface area contributed by atoms with E-state index < -0.39 is 6.03 Å². The maximum atomic E-state index is 11.1. The Balaban J connectivity index is 0.000000861. The van der Waals surface area contributed by atoms with Gasteiger partial charge in [-0.25, -0.2) is 4.79 Å². The second-order valence-electron chi connectivity index (χ2n) is 3.76. The zero-order chi connectivity index (χ0) is 14.1. The van der Waals surface area contributed by atoms with E-state index in [2.05, 4.69) is 18.5 Å². The van der Waals surface area contributed by atoms with E-state index >= 15 is 0 Å². The van der Waals surface area contributed by atoms with Crippen molar-refractivity contribution in [2.24, 2.45) is 5.73 Å². The number of primary amides is 1. The fourth-order valence-electron chi connectivity index (χ4n) is 1.79. The Kier molecular flexibility index (Phi) is 5.89. The molecular weight excluding hydrogens is 236 g/mol. The van der Waals surface area contributed by atoms with E-state index in [0.717, 1.165) is 11.1 Å². The van der Waals surface area contributed by atoms with Crippen molar-refractivity contribution in [2.45, 2.75) is 6.04 Å². The average Bonchev–Trinajstić information content (AvgIpc) is 2.48. The number of rotatable bonds is 3. The number of carbonyl (C=O) groups excluding carboxylic acids is 1. The minimum absolute atomic E-state index is 0.199. The molecule has 19 heavy (non-hydrogen) atoms. The highest BCUT2D eigenvalue weighted by Crippen LogP contribution is 2.21. The van der Waals surface area contributed by atoms with Gasteiger partial charge in [-0.15, -0.1) is 13.2 Å². The van der Waals surface area contributed by atoms with Crippen molar-refractivity contribution in [1.29, 1.82) is 0 Å². The summed E-state index contributed by atoms with van der Waals surface area (Å²) in [4.78, 5) is 11.1. The van der Waals surface area contributed by atoms with Crippen molar-refractivity contribution in [2.75, 3.05) is 0 Å². The fourth-order valence-corrected chi connectivity index (χ4v) is 1.79. The van der Waals surface area contributed by atoms with E-state index in [1.807, 2.05) is 60.7 Å². The van der Waals surface area contributed by atoms with Crippen LogP contribution in [0.1, 0.15) is 17.2 Å². The second-order valence-corrected chi connectivity index (χ2v) is 3.76. The van der Waals surface area contributed by atoms with Gasteiger partial charge < -0.3 is 11.1 Å². The van der Waals surface area contributed by atoms with E-state index in [9.17, 15) is 4.79 Å². The number of urea groups is 1.